The molecule has 1 aliphatic heterocycles. The molecule has 28 heavy (non-hydrogen) atoms. The highest BCUT2D eigenvalue weighted by atomic mass is 16.2. The van der Waals surface area contributed by atoms with Crippen molar-refractivity contribution < 1.29 is 19.2 Å². The summed E-state index contributed by atoms with van der Waals surface area (Å²) in [5.74, 6) is -0.766. The number of anilines is 1. The summed E-state index contributed by atoms with van der Waals surface area (Å²) >= 11 is 0. The molecule has 0 spiro atoms. The third kappa shape index (κ3) is 4.75. The zero-order valence-electron chi connectivity index (χ0n) is 16.7. The minimum Gasteiger partial charge on any atom is -0.368 e. The van der Waals surface area contributed by atoms with Gasteiger partial charge in [-0.2, -0.15) is 0 Å². The number of likely N-dealkylation sites (N-methyl/N-ethyl adjacent to an activating group) is 3. The largest absolute Gasteiger partial charge is 0.368 e. The van der Waals surface area contributed by atoms with Crippen LogP contribution in [0, 0.1) is 0 Å². The highest BCUT2D eigenvalue weighted by molar-refractivity contribution is 6.05. The van der Waals surface area contributed by atoms with Crippen LogP contribution < -0.4 is 10.2 Å². The Bertz CT molecular complexity index is 729. The van der Waals surface area contributed by atoms with Crippen LogP contribution in [0.3, 0.4) is 0 Å². The molecule has 0 bridgehead atoms. The van der Waals surface area contributed by atoms with Crippen LogP contribution in [-0.4, -0.2) is 87.6 Å². The van der Waals surface area contributed by atoms with Crippen LogP contribution in [0.4, 0.5) is 5.69 Å². The maximum Gasteiger partial charge on any atom is 0.255 e. The topological polar surface area (TPSA) is 90.0 Å². The van der Waals surface area contributed by atoms with Crippen molar-refractivity contribution >= 4 is 30.1 Å². The molecule has 1 unspecified atom stereocenters. The molecule has 2 rings (SSSR count). The highest BCUT2D eigenvalue weighted by Crippen LogP contribution is 2.25. The van der Waals surface area contributed by atoms with E-state index in [4.69, 9.17) is 0 Å². The Morgan fingerprint density at radius 1 is 1.21 bits per heavy atom. The summed E-state index contributed by atoms with van der Waals surface area (Å²) in [6, 6.07) is 4.41. The van der Waals surface area contributed by atoms with E-state index in [1.54, 1.807) is 12.1 Å². The van der Waals surface area contributed by atoms with E-state index in [0.29, 0.717) is 11.8 Å². The number of benzene rings is 1. The number of aldehydes is 2. The fourth-order valence-corrected chi connectivity index (χ4v) is 3.41. The van der Waals surface area contributed by atoms with Gasteiger partial charge in [-0.15, -0.1) is 0 Å². The van der Waals surface area contributed by atoms with Crippen LogP contribution in [0.15, 0.2) is 18.2 Å². The van der Waals surface area contributed by atoms with E-state index in [-0.39, 0.29) is 24.3 Å². The maximum absolute atomic E-state index is 13.1. The minimum atomic E-state index is -0.783. The van der Waals surface area contributed by atoms with Crippen molar-refractivity contribution in [1.29, 1.82) is 0 Å². The van der Waals surface area contributed by atoms with Crippen LogP contribution >= 0.6 is 0 Å². The molecule has 1 N–H and O–H groups in total. The average Bonchev–Trinajstić information content (AvgIpc) is 2.72. The van der Waals surface area contributed by atoms with E-state index < -0.39 is 11.9 Å². The highest BCUT2D eigenvalue weighted by Gasteiger charge is 2.29. The Labute approximate surface area is 165 Å². The molecule has 0 radical (unpaired) electrons. The number of carbonyl (C=O) groups is 4. The maximum atomic E-state index is 13.1. The molecule has 2 amide bonds. The first-order chi connectivity index (χ1) is 13.4. The summed E-state index contributed by atoms with van der Waals surface area (Å²) in [6.07, 6.45) is 1.81. The molecule has 1 heterocycles. The number of hydrogen-bond donors (Lipinski definition) is 1. The normalized spacial score (nSPS) is 15.6. The third-order valence-electron chi connectivity index (χ3n) is 5.17. The van der Waals surface area contributed by atoms with Gasteiger partial charge in [0.15, 0.2) is 6.29 Å². The predicted octanol–water partition coefficient (Wildman–Crippen LogP) is 0.417. The molecule has 1 fully saturated rings. The smallest absolute Gasteiger partial charge is 0.255 e. The Hall–Kier alpha value is -2.74. The lowest BCUT2D eigenvalue weighted by Crippen LogP contribution is -2.47. The number of nitrogens with one attached hydrogen (secondary N) is 1. The molecular weight excluding hydrogens is 360 g/mol. The van der Waals surface area contributed by atoms with Crippen molar-refractivity contribution in [3.05, 3.63) is 29.3 Å². The zero-order chi connectivity index (χ0) is 20.7. The van der Waals surface area contributed by atoms with Gasteiger partial charge in [-0.25, -0.2) is 0 Å². The molecule has 0 aliphatic carbocycles. The number of hydrogen-bond acceptors (Lipinski definition) is 6. The molecule has 8 nitrogen and oxygen atoms in total. The van der Waals surface area contributed by atoms with Crippen molar-refractivity contribution in [3.8, 4) is 0 Å². The van der Waals surface area contributed by atoms with Crippen molar-refractivity contribution in [1.82, 2.24) is 15.1 Å². The lowest BCUT2D eigenvalue weighted by molar-refractivity contribution is -0.125. The molecule has 152 valence electrons. The first-order valence-electron chi connectivity index (χ1n) is 9.38. The predicted molar refractivity (Wildman–Crippen MR) is 107 cm³/mol. The number of piperazine rings is 1. The van der Waals surface area contributed by atoms with E-state index >= 15 is 0 Å². The van der Waals surface area contributed by atoms with Crippen molar-refractivity contribution in [2.75, 3.05) is 52.2 Å². The van der Waals surface area contributed by atoms with Gasteiger partial charge in [-0.05, 0) is 25.6 Å². The summed E-state index contributed by atoms with van der Waals surface area (Å²) in [7, 11) is 5.05. The fourth-order valence-electron chi connectivity index (χ4n) is 3.41. The van der Waals surface area contributed by atoms with Crippen molar-refractivity contribution in [2.45, 2.75) is 18.9 Å². The summed E-state index contributed by atoms with van der Waals surface area (Å²) in [6.45, 7) is 3.29. The summed E-state index contributed by atoms with van der Waals surface area (Å²) in [5, 5.41) is 2.53. The monoisotopic (exact) mass is 388 g/mol. The van der Waals surface area contributed by atoms with Gasteiger partial charge in [0, 0.05) is 52.4 Å². The Morgan fingerprint density at radius 2 is 1.89 bits per heavy atom. The van der Waals surface area contributed by atoms with Crippen molar-refractivity contribution in [2.24, 2.45) is 0 Å². The molecule has 0 saturated carbocycles. The van der Waals surface area contributed by atoms with Crippen LogP contribution in [0.2, 0.25) is 0 Å². The summed E-state index contributed by atoms with van der Waals surface area (Å²) in [5.41, 5.74) is 1.32. The second-order valence-electron chi connectivity index (χ2n) is 6.94. The number of amides is 2. The number of carbonyl (C=O) groups excluding carboxylic acids is 4. The van der Waals surface area contributed by atoms with Gasteiger partial charge in [0.25, 0.3) is 5.91 Å². The van der Waals surface area contributed by atoms with Crippen LogP contribution in [0.25, 0.3) is 0 Å². The fraction of sp³-hybridized carbons (Fsp3) is 0.500. The van der Waals surface area contributed by atoms with Gasteiger partial charge >= 0.3 is 0 Å². The third-order valence-corrected chi connectivity index (χ3v) is 5.17. The van der Waals surface area contributed by atoms with Gasteiger partial charge in [-0.1, -0.05) is 6.07 Å². The first kappa shape index (κ1) is 21.6. The Morgan fingerprint density at radius 3 is 2.46 bits per heavy atom. The molecule has 8 heteroatoms. The molecule has 0 aromatic heterocycles. The minimum absolute atomic E-state index is 0.164. The summed E-state index contributed by atoms with van der Waals surface area (Å²) in [4.78, 5) is 53.5. The SMILES string of the molecule is CNC(=O)C(CCC=O)N(C)C(=O)c1cccc(N2CCN(C)CC2)c1C=O. The van der Waals surface area contributed by atoms with Crippen molar-refractivity contribution in [3.63, 3.8) is 0 Å². The van der Waals surface area contributed by atoms with Crippen LogP contribution in [0.1, 0.15) is 33.6 Å². The van der Waals surface area contributed by atoms with E-state index in [1.807, 2.05) is 13.1 Å². The lowest BCUT2D eigenvalue weighted by Gasteiger charge is -2.35. The molecule has 1 aromatic rings. The van der Waals surface area contributed by atoms with E-state index in [0.717, 1.165) is 38.2 Å². The van der Waals surface area contributed by atoms with Gasteiger partial charge < -0.3 is 24.8 Å². The zero-order valence-corrected chi connectivity index (χ0v) is 16.7. The van der Waals surface area contributed by atoms with Crippen LogP contribution in [0.5, 0.6) is 0 Å². The average molecular weight is 388 g/mol. The van der Waals surface area contributed by atoms with E-state index in [1.165, 1.54) is 19.0 Å². The van der Waals surface area contributed by atoms with Gasteiger partial charge in [0.1, 0.15) is 12.3 Å². The second kappa shape index (κ2) is 9.98. The number of nitrogens with zero attached hydrogens (tertiary/aromatic N) is 3. The Balaban J connectivity index is 2.33. The molecule has 1 atom stereocenters. The molecular formula is C20H28N4O4. The number of rotatable bonds is 8. The van der Waals surface area contributed by atoms with Gasteiger partial charge in [-0.3, -0.25) is 14.4 Å². The second-order valence-corrected chi connectivity index (χ2v) is 6.94. The quantitative estimate of drug-likeness (QED) is 0.649. The van der Waals surface area contributed by atoms with E-state index in [9.17, 15) is 19.2 Å². The van der Waals surface area contributed by atoms with Crippen LogP contribution in [-0.2, 0) is 9.59 Å². The first-order valence-corrected chi connectivity index (χ1v) is 9.38. The molecule has 1 aliphatic rings. The lowest BCUT2D eigenvalue weighted by atomic mass is 10.0. The Kier molecular flexibility index (Phi) is 7.69. The van der Waals surface area contributed by atoms with E-state index in [2.05, 4.69) is 15.1 Å². The molecule has 1 saturated heterocycles. The molecule has 1 aromatic carbocycles. The van der Waals surface area contributed by atoms with Gasteiger partial charge in [0.2, 0.25) is 5.91 Å². The standard InChI is InChI=1S/C20H28N4O4/c1-21-19(27)18(8-5-13-25)23(3)20(28)15-6-4-7-17(16(15)14-26)24-11-9-22(2)10-12-24/h4,6-7,13-14,18H,5,8-12H2,1-3H3,(H,21,27). The van der Waals surface area contributed by atoms with Gasteiger partial charge in [0.05, 0.1) is 11.1 Å². The summed E-state index contributed by atoms with van der Waals surface area (Å²) < 4.78 is 0.